The van der Waals surface area contributed by atoms with E-state index in [4.69, 9.17) is 28.7 Å². The molecule has 0 saturated carbocycles. The van der Waals surface area contributed by atoms with Crippen molar-refractivity contribution >= 4 is 28.0 Å². The third-order valence-corrected chi connectivity index (χ3v) is 1.91. The van der Waals surface area contributed by atoms with Crippen molar-refractivity contribution in [3.8, 4) is 0 Å². The molecule has 0 spiro atoms. The highest BCUT2D eigenvalue weighted by atomic mass is 32.2. The number of rotatable bonds is 2. The Morgan fingerprint density at radius 1 is 0.917 bits per heavy atom. The van der Waals surface area contributed by atoms with Crippen LogP contribution in [0.15, 0.2) is 0 Å². The van der Waals surface area contributed by atoms with E-state index in [9.17, 15) is 9.13 Å². The summed E-state index contributed by atoms with van der Waals surface area (Å²) >= 11 is -0.250. The summed E-state index contributed by atoms with van der Waals surface area (Å²) in [5.74, 6) is 0. The van der Waals surface area contributed by atoms with Gasteiger partial charge in [-0.05, 0) is 0 Å². The first kappa shape index (κ1) is 15.0. The van der Waals surface area contributed by atoms with Crippen LogP contribution in [0, 0.1) is 0 Å². The molecule has 0 aliphatic rings. The van der Waals surface area contributed by atoms with Crippen molar-refractivity contribution in [2.75, 3.05) is 0 Å². The third-order valence-electron chi connectivity index (χ3n) is 0.213. The number of phosphoric acid groups is 2. The lowest BCUT2D eigenvalue weighted by Crippen LogP contribution is -1.84. The Hall–Kier alpha value is 0.530. The first-order valence-electron chi connectivity index (χ1n) is 1.90. The highest BCUT2D eigenvalue weighted by molar-refractivity contribution is 7.87. The lowest BCUT2D eigenvalue weighted by atomic mass is 15.7. The Labute approximate surface area is 70.9 Å². The van der Waals surface area contributed by atoms with E-state index in [-0.39, 0.29) is 12.3 Å². The fraction of sp³-hybridized carbons (Fsp3) is 0. The Kier molecular flexibility index (Phi) is 7.58. The minimum Gasteiger partial charge on any atom is -0.307 e. The van der Waals surface area contributed by atoms with E-state index in [1.807, 2.05) is 0 Å². The largest absolute Gasteiger partial charge is 0.478 e. The Bertz CT molecular complexity index is 165. The van der Waals surface area contributed by atoms with Crippen LogP contribution in [-0.4, -0.2) is 28.7 Å². The van der Waals surface area contributed by atoms with Gasteiger partial charge in [0.2, 0.25) is 0 Å². The van der Waals surface area contributed by atoms with Crippen molar-refractivity contribution in [1.29, 1.82) is 0 Å². The second-order valence-corrected chi connectivity index (χ2v) is 3.92. The quantitative estimate of drug-likeness (QED) is 0.284. The van der Waals surface area contributed by atoms with Gasteiger partial charge in [-0.15, -0.1) is 0 Å². The third kappa shape index (κ3) is 22.4. The molecule has 0 aromatic carbocycles. The van der Waals surface area contributed by atoms with Crippen LogP contribution in [0.25, 0.3) is 0 Å². The maximum atomic E-state index is 9.63. The monoisotopic (exact) mass is 244 g/mol. The molecular formula is H6O9P2S. The molecule has 12 heteroatoms. The van der Waals surface area contributed by atoms with E-state index in [0.717, 1.165) is 0 Å². The predicted octanol–water partition coefficient (Wildman–Crippen LogP) is -0.146. The molecule has 0 aliphatic heterocycles. The smallest absolute Gasteiger partial charge is 0.307 e. The zero-order valence-electron chi connectivity index (χ0n) is 5.21. The second-order valence-electron chi connectivity index (χ2n) is 1.14. The van der Waals surface area contributed by atoms with Crippen LogP contribution in [-0.2, 0) is 13.4 Å². The van der Waals surface area contributed by atoms with Gasteiger partial charge in [0.25, 0.3) is 0 Å². The molecule has 0 heterocycles. The molecule has 0 aromatic heterocycles. The van der Waals surface area contributed by atoms with Crippen LogP contribution in [0.3, 0.4) is 0 Å². The molecule has 0 rings (SSSR count). The van der Waals surface area contributed by atoms with Crippen molar-refractivity contribution in [2.24, 2.45) is 0 Å². The van der Waals surface area contributed by atoms with Gasteiger partial charge in [0, 0.05) is 0 Å². The average molecular weight is 244 g/mol. The topological polar surface area (TPSA) is 165 Å². The molecule has 12 heavy (non-hydrogen) atoms. The van der Waals surface area contributed by atoms with Crippen molar-refractivity contribution in [3.63, 3.8) is 0 Å². The highest BCUT2D eigenvalue weighted by Gasteiger charge is 2.27. The fourth-order valence-corrected chi connectivity index (χ4v) is 1.25. The summed E-state index contributed by atoms with van der Waals surface area (Å²) in [6, 6.07) is 0. The molecule has 0 saturated heterocycles. The lowest BCUT2D eigenvalue weighted by molar-refractivity contribution is 0.225. The van der Waals surface area contributed by atoms with E-state index in [2.05, 4.69) is 4.31 Å². The van der Waals surface area contributed by atoms with E-state index in [0.29, 0.717) is 0 Å². The summed E-state index contributed by atoms with van der Waals surface area (Å²) in [6.45, 7) is 0. The zero-order chi connectivity index (χ0) is 10.4. The maximum Gasteiger partial charge on any atom is 0.478 e. The molecular weight excluding hydrogens is 238 g/mol. The van der Waals surface area contributed by atoms with Gasteiger partial charge in [-0.1, -0.05) is 0 Å². The molecule has 0 aliphatic carbocycles. The first-order valence-corrected chi connectivity index (χ1v) is 5.69. The standard InChI is InChI=1S/H4O7P2.H2O2S/c1-8(2,3)7-9(4,5)6;1-3-2/h(H2,1,2,3)(H2,4,5,6);1-2H. The minimum absolute atomic E-state index is 0.250. The summed E-state index contributed by atoms with van der Waals surface area (Å²) in [6.07, 6.45) is 0. The second kappa shape index (κ2) is 6.06. The van der Waals surface area contributed by atoms with E-state index in [1.54, 1.807) is 0 Å². The van der Waals surface area contributed by atoms with E-state index < -0.39 is 15.6 Å². The summed E-state index contributed by atoms with van der Waals surface area (Å²) in [4.78, 5) is 31.0. The van der Waals surface area contributed by atoms with Crippen LogP contribution < -0.4 is 0 Å². The first-order chi connectivity index (χ1) is 5.12. The molecule has 6 N–H and O–H groups in total. The van der Waals surface area contributed by atoms with Crippen LogP contribution in [0.4, 0.5) is 0 Å². The van der Waals surface area contributed by atoms with Gasteiger partial charge in [-0.3, -0.25) is 0 Å². The highest BCUT2D eigenvalue weighted by Crippen LogP contribution is 2.53. The molecule has 0 amide bonds. The Morgan fingerprint density at radius 2 is 1.08 bits per heavy atom. The number of hydrogen-bond donors (Lipinski definition) is 6. The molecule has 0 fully saturated rings. The van der Waals surface area contributed by atoms with Gasteiger partial charge in [-0.2, -0.15) is 4.31 Å². The van der Waals surface area contributed by atoms with Crippen molar-refractivity contribution < 1.29 is 42.1 Å². The van der Waals surface area contributed by atoms with E-state index in [1.165, 1.54) is 0 Å². The molecule has 0 atom stereocenters. The molecule has 76 valence electrons. The summed E-state index contributed by atoms with van der Waals surface area (Å²) in [5, 5.41) is 0. The van der Waals surface area contributed by atoms with Crippen LogP contribution in [0.1, 0.15) is 0 Å². The Balaban J connectivity index is 0. The van der Waals surface area contributed by atoms with E-state index >= 15 is 0 Å². The molecule has 0 radical (unpaired) electrons. The van der Waals surface area contributed by atoms with Crippen molar-refractivity contribution in [2.45, 2.75) is 0 Å². The SMILES string of the molecule is O=P(O)(O)OP(=O)(O)O.OSO. The Morgan fingerprint density at radius 3 is 1.08 bits per heavy atom. The molecule has 0 bridgehead atoms. The van der Waals surface area contributed by atoms with Crippen molar-refractivity contribution in [3.05, 3.63) is 0 Å². The summed E-state index contributed by atoms with van der Waals surface area (Å²) in [7, 11) is -10.1. The predicted molar refractivity (Wildman–Crippen MR) is 38.0 cm³/mol. The average Bonchev–Trinajstić information content (AvgIpc) is 1.53. The van der Waals surface area contributed by atoms with Gasteiger partial charge in [-0.25, -0.2) is 9.13 Å². The van der Waals surface area contributed by atoms with Crippen molar-refractivity contribution in [1.82, 2.24) is 0 Å². The summed E-state index contributed by atoms with van der Waals surface area (Å²) < 4.78 is 36.3. The van der Waals surface area contributed by atoms with Gasteiger partial charge < -0.3 is 28.7 Å². The zero-order valence-corrected chi connectivity index (χ0v) is 7.82. The minimum atomic E-state index is -5.05. The molecule has 9 nitrogen and oxygen atoms in total. The molecule has 0 aromatic rings. The normalized spacial score (nSPS) is 11.8. The van der Waals surface area contributed by atoms with Crippen LogP contribution in [0.2, 0.25) is 0 Å². The molecule has 0 unspecified atom stereocenters. The van der Waals surface area contributed by atoms with Crippen LogP contribution in [0.5, 0.6) is 0 Å². The van der Waals surface area contributed by atoms with Gasteiger partial charge >= 0.3 is 15.6 Å². The number of hydrogen-bond acceptors (Lipinski definition) is 6. The maximum absolute atomic E-state index is 9.63. The lowest BCUT2D eigenvalue weighted by Gasteiger charge is -2.03. The van der Waals surface area contributed by atoms with Crippen LogP contribution >= 0.6 is 28.0 Å². The van der Waals surface area contributed by atoms with Gasteiger partial charge in [0.1, 0.15) is 0 Å². The van der Waals surface area contributed by atoms with Gasteiger partial charge in [0.15, 0.2) is 12.3 Å². The fourth-order valence-electron chi connectivity index (χ4n) is 0.139. The van der Waals surface area contributed by atoms with Gasteiger partial charge in [0.05, 0.1) is 0 Å². The summed E-state index contributed by atoms with van der Waals surface area (Å²) in [5.41, 5.74) is 0.